The Morgan fingerprint density at radius 2 is 1.76 bits per heavy atom. The van der Waals surface area contributed by atoms with Gasteiger partial charge in [-0.3, -0.25) is 29.3 Å². The molecule has 3 atom stereocenters. The first-order chi connectivity index (χ1) is 21.8. The van der Waals surface area contributed by atoms with Crippen LogP contribution in [0.25, 0.3) is 0 Å². The molecule has 2 aliphatic heterocycles. The molecule has 2 aliphatic rings. The number of benzene rings is 3. The zero-order chi connectivity index (χ0) is 32.9. The van der Waals surface area contributed by atoms with Crippen LogP contribution in [0.15, 0.2) is 81.4 Å². The van der Waals surface area contributed by atoms with Crippen LogP contribution in [0.5, 0.6) is 5.75 Å². The van der Waals surface area contributed by atoms with Crippen LogP contribution in [0.2, 0.25) is 5.02 Å². The summed E-state index contributed by atoms with van der Waals surface area (Å²) in [5.74, 6) is -3.47. The first-order valence-corrected chi connectivity index (χ1v) is 16.8. The summed E-state index contributed by atoms with van der Waals surface area (Å²) in [6.45, 7) is -0.501. The lowest BCUT2D eigenvalue weighted by molar-refractivity contribution is -0.384. The molecular formula is C28H20ClN5O9S3. The summed E-state index contributed by atoms with van der Waals surface area (Å²) in [5.41, 5.74) is 0.587. The van der Waals surface area contributed by atoms with Crippen molar-refractivity contribution in [1.29, 1.82) is 0 Å². The monoisotopic (exact) mass is 701 g/mol. The number of rotatable bonds is 8. The predicted molar refractivity (Wildman–Crippen MR) is 169 cm³/mol. The molecule has 0 spiro atoms. The molecule has 3 heterocycles. The number of imide groups is 1. The molecular weight excluding hydrogens is 682 g/mol. The molecule has 1 fully saturated rings. The van der Waals surface area contributed by atoms with Crippen molar-refractivity contribution in [3.63, 3.8) is 0 Å². The van der Waals surface area contributed by atoms with Crippen molar-refractivity contribution in [2.45, 2.75) is 21.1 Å². The van der Waals surface area contributed by atoms with Crippen LogP contribution < -0.4 is 25.0 Å². The quantitative estimate of drug-likeness (QED) is 0.138. The number of thiazole rings is 1. The van der Waals surface area contributed by atoms with Crippen LogP contribution in [0.3, 0.4) is 0 Å². The molecule has 18 heteroatoms. The first kappa shape index (κ1) is 31.4. The molecule has 46 heavy (non-hydrogen) atoms. The maximum Gasteiger partial charge on any atom is 0.305 e. The van der Waals surface area contributed by atoms with E-state index in [0.29, 0.717) is 15.5 Å². The van der Waals surface area contributed by atoms with Crippen LogP contribution in [0, 0.1) is 16.0 Å². The highest BCUT2D eigenvalue weighted by atomic mass is 35.5. The van der Waals surface area contributed by atoms with Crippen molar-refractivity contribution in [3.05, 3.63) is 102 Å². The van der Waals surface area contributed by atoms with Gasteiger partial charge in [0, 0.05) is 39.2 Å². The standard InChI is InChI=1S/C28H20ClN5O9S3/c29-13-1-10-19(43-12-20(35)31-14-2-8-17(9-3-14)46(30,41)42)18(11-13)21-22-24(44-25-23(21)45-28(38)32-25)27(37)33(26(22)36)15-4-6-16(7-5-15)34(39)40/h1-11,21-22,24H,12H2,(H,31,35)(H,32,38)(H2,30,41,42)/t21-,22?,24?/m1/s1. The fourth-order valence-electron chi connectivity index (χ4n) is 5.29. The third kappa shape index (κ3) is 5.90. The Morgan fingerprint density at radius 3 is 2.41 bits per heavy atom. The van der Waals surface area contributed by atoms with Crippen molar-refractivity contribution < 1.29 is 32.5 Å². The molecule has 236 valence electrons. The number of primary sulfonamides is 1. The van der Waals surface area contributed by atoms with Gasteiger partial charge in [-0.25, -0.2) is 18.5 Å². The molecule has 0 saturated carbocycles. The lowest BCUT2D eigenvalue weighted by Crippen LogP contribution is -2.32. The number of carbonyl (C=O) groups excluding carboxylic acids is 3. The maximum absolute atomic E-state index is 14.0. The minimum atomic E-state index is -3.91. The van der Waals surface area contributed by atoms with Gasteiger partial charge in [0.05, 0.1) is 26.5 Å². The van der Waals surface area contributed by atoms with Crippen LogP contribution in [0.1, 0.15) is 16.4 Å². The predicted octanol–water partition coefficient (Wildman–Crippen LogP) is 3.46. The van der Waals surface area contributed by atoms with E-state index in [1.165, 1.54) is 60.7 Å². The molecule has 4 aromatic rings. The molecule has 1 saturated heterocycles. The number of thioether (sulfide) groups is 1. The van der Waals surface area contributed by atoms with E-state index in [2.05, 4.69) is 10.3 Å². The van der Waals surface area contributed by atoms with E-state index in [1.54, 1.807) is 6.07 Å². The number of hydrogen-bond donors (Lipinski definition) is 3. The number of sulfonamides is 1. The van der Waals surface area contributed by atoms with E-state index in [-0.39, 0.29) is 32.7 Å². The van der Waals surface area contributed by atoms with Crippen molar-refractivity contribution in [2.24, 2.45) is 11.1 Å². The number of nitro benzene ring substituents is 1. The van der Waals surface area contributed by atoms with E-state index >= 15 is 0 Å². The van der Waals surface area contributed by atoms with Crippen molar-refractivity contribution in [3.8, 4) is 5.75 Å². The Kier molecular flexibility index (Phi) is 8.20. The molecule has 3 aromatic carbocycles. The number of halogens is 1. The van der Waals surface area contributed by atoms with Gasteiger partial charge in [0.2, 0.25) is 21.8 Å². The number of nitrogens with zero attached hydrogens (tertiary/aromatic N) is 2. The number of nitrogens with one attached hydrogen (secondary N) is 2. The van der Waals surface area contributed by atoms with E-state index in [1.807, 2.05) is 0 Å². The molecule has 0 radical (unpaired) electrons. The average Bonchev–Trinajstić information content (AvgIpc) is 3.50. The molecule has 0 aliphatic carbocycles. The van der Waals surface area contributed by atoms with Gasteiger partial charge in [0.25, 0.3) is 11.6 Å². The third-order valence-electron chi connectivity index (χ3n) is 7.27. The number of nitro groups is 1. The highest BCUT2D eigenvalue weighted by molar-refractivity contribution is 8.00. The second-order valence-electron chi connectivity index (χ2n) is 10.1. The smallest absolute Gasteiger partial charge is 0.305 e. The Labute approximate surface area is 272 Å². The largest absolute Gasteiger partial charge is 0.483 e. The number of hydrogen-bond acceptors (Lipinski definition) is 11. The summed E-state index contributed by atoms with van der Waals surface area (Å²) in [4.78, 5) is 67.1. The van der Waals surface area contributed by atoms with Crippen LogP contribution >= 0.6 is 34.7 Å². The molecule has 0 bridgehead atoms. The van der Waals surface area contributed by atoms with E-state index in [9.17, 15) is 37.7 Å². The summed E-state index contributed by atoms with van der Waals surface area (Å²) in [7, 11) is -3.91. The zero-order valence-corrected chi connectivity index (χ0v) is 26.2. The molecule has 3 amide bonds. The van der Waals surface area contributed by atoms with Gasteiger partial charge in [0.15, 0.2) is 6.61 Å². The fourth-order valence-corrected chi connectivity index (χ4v) is 8.49. The number of ether oxygens (including phenoxy) is 1. The van der Waals surface area contributed by atoms with E-state index in [4.69, 9.17) is 21.5 Å². The van der Waals surface area contributed by atoms with Gasteiger partial charge >= 0.3 is 4.87 Å². The second-order valence-corrected chi connectivity index (χ2v) is 14.3. The Morgan fingerprint density at radius 1 is 1.07 bits per heavy atom. The van der Waals surface area contributed by atoms with Crippen LogP contribution in [-0.4, -0.2) is 47.9 Å². The van der Waals surface area contributed by atoms with Gasteiger partial charge in [-0.1, -0.05) is 34.7 Å². The fraction of sp³-hybridized carbons (Fsp3) is 0.143. The normalized spacial score (nSPS) is 19.0. The van der Waals surface area contributed by atoms with Gasteiger partial charge < -0.3 is 15.0 Å². The van der Waals surface area contributed by atoms with Gasteiger partial charge in [-0.15, -0.1) is 0 Å². The lowest BCUT2D eigenvalue weighted by Gasteiger charge is -2.31. The second kappa shape index (κ2) is 12.0. The van der Waals surface area contributed by atoms with Crippen LogP contribution in [0.4, 0.5) is 17.1 Å². The van der Waals surface area contributed by atoms with Gasteiger partial charge in [-0.05, 0) is 54.6 Å². The number of carbonyl (C=O) groups is 3. The molecule has 4 N–H and O–H groups in total. The van der Waals surface area contributed by atoms with Gasteiger partial charge in [0.1, 0.15) is 11.0 Å². The van der Waals surface area contributed by atoms with Crippen LogP contribution in [-0.2, 0) is 24.4 Å². The lowest BCUT2D eigenvalue weighted by atomic mass is 9.82. The van der Waals surface area contributed by atoms with E-state index in [0.717, 1.165) is 28.0 Å². The summed E-state index contributed by atoms with van der Waals surface area (Å²) in [5, 5.41) is 18.5. The molecule has 6 rings (SSSR count). The summed E-state index contributed by atoms with van der Waals surface area (Å²) < 4.78 is 28.9. The Balaban J connectivity index is 1.31. The number of aromatic amines is 1. The highest BCUT2D eigenvalue weighted by Crippen LogP contribution is 2.54. The number of anilines is 2. The number of H-pyrrole nitrogens is 1. The molecule has 1 aromatic heterocycles. The van der Waals surface area contributed by atoms with E-state index < -0.39 is 61.2 Å². The maximum atomic E-state index is 14.0. The van der Waals surface area contributed by atoms with Gasteiger partial charge in [-0.2, -0.15) is 0 Å². The first-order valence-electron chi connectivity index (χ1n) is 13.2. The molecule has 14 nitrogen and oxygen atoms in total. The van der Waals surface area contributed by atoms with Crippen molar-refractivity contribution in [1.82, 2.24) is 4.98 Å². The minimum absolute atomic E-state index is 0.130. The van der Waals surface area contributed by atoms with Crippen molar-refractivity contribution >= 4 is 79.5 Å². The third-order valence-corrected chi connectivity index (χ3v) is 10.8. The number of aromatic nitrogens is 1. The highest BCUT2D eigenvalue weighted by Gasteiger charge is 2.57. The number of amides is 3. The number of non-ortho nitro benzene ring substituents is 1. The summed E-state index contributed by atoms with van der Waals surface area (Å²) in [6.07, 6.45) is 0. The number of nitrogens with two attached hydrogens (primary N) is 1. The van der Waals surface area contributed by atoms with Crippen molar-refractivity contribution in [2.75, 3.05) is 16.8 Å². The SMILES string of the molecule is NS(=O)(=O)c1ccc(NC(=O)COc2ccc(Cl)cc2[C@H]2c3sc(=O)[nH]c3SC3C(=O)N(c4ccc([N+](=O)[O-])cc4)C(=O)C32)cc1. The Hall–Kier alpha value is -4.55. The summed E-state index contributed by atoms with van der Waals surface area (Å²) in [6, 6.07) is 14.8. The topological polar surface area (TPSA) is 212 Å². The zero-order valence-electron chi connectivity index (χ0n) is 23.0. The summed E-state index contributed by atoms with van der Waals surface area (Å²) >= 11 is 8.30. The molecule has 2 unspecified atom stereocenters. The Bertz CT molecular complexity index is 2080. The number of fused-ring (bicyclic) bond motifs is 2. The minimum Gasteiger partial charge on any atom is -0.483 e. The average molecular weight is 702 g/mol.